The molecule has 0 aliphatic heterocycles. The fourth-order valence-electron chi connectivity index (χ4n) is 1.70. The normalized spacial score (nSPS) is 12.5. The number of hydrogen-bond acceptors (Lipinski definition) is 3. The maximum Gasteiger partial charge on any atom is 0.303 e. The molecule has 5 heteroatoms. The second-order valence-electron chi connectivity index (χ2n) is 4.51. The molecular formula is C12H23NO4. The van der Waals surface area contributed by atoms with Crippen molar-refractivity contribution < 1.29 is 19.4 Å². The van der Waals surface area contributed by atoms with Gasteiger partial charge in [-0.1, -0.05) is 13.8 Å². The highest BCUT2D eigenvalue weighted by Crippen LogP contribution is 2.20. The summed E-state index contributed by atoms with van der Waals surface area (Å²) in [5, 5.41) is 11.4. The molecule has 0 saturated carbocycles. The van der Waals surface area contributed by atoms with Crippen molar-refractivity contribution in [2.45, 2.75) is 33.1 Å². The lowest BCUT2D eigenvalue weighted by Crippen LogP contribution is -2.30. The first-order chi connectivity index (χ1) is 7.97. The Morgan fingerprint density at radius 1 is 1.29 bits per heavy atom. The molecule has 0 spiro atoms. The highest BCUT2D eigenvalue weighted by atomic mass is 16.5. The molecule has 1 unspecified atom stereocenters. The molecule has 2 N–H and O–H groups in total. The average Bonchev–Trinajstić information content (AvgIpc) is 2.22. The number of carbonyl (C=O) groups is 2. The fraction of sp³-hybridized carbons (Fsp3) is 0.833. The SMILES string of the molecule is COCC(=O)NCCC(CCC(=O)O)C(C)C. The Morgan fingerprint density at radius 3 is 2.41 bits per heavy atom. The molecule has 0 rings (SSSR count). The number of aliphatic carboxylic acids is 1. The second-order valence-corrected chi connectivity index (χ2v) is 4.51. The topological polar surface area (TPSA) is 75.6 Å². The largest absolute Gasteiger partial charge is 0.481 e. The molecular weight excluding hydrogens is 222 g/mol. The second kappa shape index (κ2) is 8.98. The molecule has 0 saturated heterocycles. The van der Waals surface area contributed by atoms with Gasteiger partial charge in [0.15, 0.2) is 0 Å². The molecule has 5 nitrogen and oxygen atoms in total. The van der Waals surface area contributed by atoms with E-state index >= 15 is 0 Å². The molecule has 17 heavy (non-hydrogen) atoms. The van der Waals surface area contributed by atoms with Crippen LogP contribution in [0.5, 0.6) is 0 Å². The molecule has 0 bridgehead atoms. The maximum absolute atomic E-state index is 11.1. The van der Waals surface area contributed by atoms with Crippen LogP contribution in [0.4, 0.5) is 0 Å². The lowest BCUT2D eigenvalue weighted by Gasteiger charge is -2.20. The fourth-order valence-corrected chi connectivity index (χ4v) is 1.70. The van der Waals surface area contributed by atoms with Crippen LogP contribution in [0.25, 0.3) is 0 Å². The molecule has 0 heterocycles. The predicted octanol–water partition coefficient (Wildman–Crippen LogP) is 1.28. The summed E-state index contributed by atoms with van der Waals surface area (Å²) >= 11 is 0. The van der Waals surface area contributed by atoms with Crippen LogP contribution in [0.2, 0.25) is 0 Å². The van der Waals surface area contributed by atoms with Gasteiger partial charge in [-0.15, -0.1) is 0 Å². The van der Waals surface area contributed by atoms with Crippen molar-refractivity contribution in [1.29, 1.82) is 0 Å². The van der Waals surface area contributed by atoms with Crippen molar-refractivity contribution in [3.8, 4) is 0 Å². The van der Waals surface area contributed by atoms with Crippen LogP contribution >= 0.6 is 0 Å². The number of amides is 1. The summed E-state index contributed by atoms with van der Waals surface area (Å²) in [7, 11) is 1.48. The third-order valence-electron chi connectivity index (χ3n) is 2.78. The zero-order valence-electron chi connectivity index (χ0n) is 10.9. The van der Waals surface area contributed by atoms with Crippen LogP contribution < -0.4 is 5.32 Å². The highest BCUT2D eigenvalue weighted by molar-refractivity contribution is 5.77. The van der Waals surface area contributed by atoms with Gasteiger partial charge in [0.1, 0.15) is 6.61 Å². The van der Waals surface area contributed by atoms with E-state index in [1.54, 1.807) is 0 Å². The molecule has 0 fully saturated rings. The highest BCUT2D eigenvalue weighted by Gasteiger charge is 2.15. The van der Waals surface area contributed by atoms with Gasteiger partial charge in [0.2, 0.25) is 5.91 Å². The number of carbonyl (C=O) groups excluding carboxylic acids is 1. The molecule has 1 amide bonds. The number of hydrogen-bond donors (Lipinski definition) is 2. The van der Waals surface area contributed by atoms with Crippen molar-refractivity contribution in [1.82, 2.24) is 5.32 Å². The first-order valence-electron chi connectivity index (χ1n) is 5.94. The number of ether oxygens (including phenoxy) is 1. The van der Waals surface area contributed by atoms with Gasteiger partial charge in [-0.25, -0.2) is 0 Å². The van der Waals surface area contributed by atoms with Crippen LogP contribution in [-0.2, 0) is 14.3 Å². The monoisotopic (exact) mass is 245 g/mol. The van der Waals surface area contributed by atoms with Gasteiger partial charge < -0.3 is 15.2 Å². The van der Waals surface area contributed by atoms with Crippen molar-refractivity contribution in [2.75, 3.05) is 20.3 Å². The van der Waals surface area contributed by atoms with Crippen LogP contribution in [0.3, 0.4) is 0 Å². The van der Waals surface area contributed by atoms with E-state index in [0.29, 0.717) is 24.8 Å². The van der Waals surface area contributed by atoms with Crippen LogP contribution in [0, 0.1) is 11.8 Å². The number of carboxylic acids is 1. The smallest absolute Gasteiger partial charge is 0.303 e. The van der Waals surface area contributed by atoms with E-state index < -0.39 is 5.97 Å². The Bertz CT molecular complexity index is 241. The summed E-state index contributed by atoms with van der Waals surface area (Å²) in [6.45, 7) is 4.79. The van der Waals surface area contributed by atoms with Crippen LogP contribution in [-0.4, -0.2) is 37.2 Å². The van der Waals surface area contributed by atoms with Crippen molar-refractivity contribution in [3.63, 3.8) is 0 Å². The predicted molar refractivity (Wildman–Crippen MR) is 64.7 cm³/mol. The summed E-state index contributed by atoms with van der Waals surface area (Å²) in [6, 6.07) is 0. The Labute approximate surface area is 103 Å². The number of nitrogens with one attached hydrogen (secondary N) is 1. The summed E-state index contributed by atoms with van der Waals surface area (Å²) < 4.78 is 4.70. The molecule has 0 aromatic heterocycles. The molecule has 0 aromatic rings. The van der Waals surface area contributed by atoms with Gasteiger partial charge in [-0.3, -0.25) is 9.59 Å². The Balaban J connectivity index is 3.85. The minimum Gasteiger partial charge on any atom is -0.481 e. The molecule has 0 radical (unpaired) electrons. The molecule has 100 valence electrons. The van der Waals surface area contributed by atoms with E-state index in [1.165, 1.54) is 7.11 Å². The molecule has 0 aliphatic carbocycles. The van der Waals surface area contributed by atoms with E-state index in [2.05, 4.69) is 19.2 Å². The first kappa shape index (κ1) is 15.9. The van der Waals surface area contributed by atoms with E-state index in [-0.39, 0.29) is 18.9 Å². The Morgan fingerprint density at radius 2 is 1.94 bits per heavy atom. The van der Waals surface area contributed by atoms with Crippen LogP contribution in [0.15, 0.2) is 0 Å². The van der Waals surface area contributed by atoms with Crippen molar-refractivity contribution in [3.05, 3.63) is 0 Å². The first-order valence-corrected chi connectivity index (χ1v) is 5.94. The third kappa shape index (κ3) is 8.68. The minimum absolute atomic E-state index is 0.0709. The molecule has 1 atom stereocenters. The van der Waals surface area contributed by atoms with Gasteiger partial charge in [0, 0.05) is 20.1 Å². The third-order valence-corrected chi connectivity index (χ3v) is 2.78. The van der Waals surface area contributed by atoms with Crippen molar-refractivity contribution >= 4 is 11.9 Å². The van der Waals surface area contributed by atoms with E-state index in [0.717, 1.165) is 6.42 Å². The quantitative estimate of drug-likeness (QED) is 0.641. The number of rotatable bonds is 9. The summed E-state index contributed by atoms with van der Waals surface area (Å²) in [5.41, 5.74) is 0. The summed E-state index contributed by atoms with van der Waals surface area (Å²) in [6.07, 6.45) is 1.66. The lowest BCUT2D eigenvalue weighted by molar-refractivity contribution is -0.137. The van der Waals surface area contributed by atoms with Crippen LogP contribution in [0.1, 0.15) is 33.1 Å². The number of carboxylic acid groups (broad SMARTS) is 1. The van der Waals surface area contributed by atoms with Gasteiger partial charge in [-0.05, 0) is 24.7 Å². The van der Waals surface area contributed by atoms with Crippen molar-refractivity contribution in [2.24, 2.45) is 11.8 Å². The standard InChI is InChI=1S/C12H23NO4/c1-9(2)10(4-5-12(15)16)6-7-13-11(14)8-17-3/h9-10H,4-8H2,1-3H3,(H,13,14)(H,15,16). The van der Waals surface area contributed by atoms with E-state index in [9.17, 15) is 9.59 Å². The Kier molecular flexibility index (Phi) is 8.40. The van der Waals surface area contributed by atoms with Gasteiger partial charge >= 0.3 is 5.97 Å². The maximum atomic E-state index is 11.1. The summed E-state index contributed by atoms with van der Waals surface area (Å²) in [5.74, 6) is -0.144. The van der Waals surface area contributed by atoms with Gasteiger partial charge in [-0.2, -0.15) is 0 Å². The minimum atomic E-state index is -0.765. The zero-order valence-corrected chi connectivity index (χ0v) is 10.9. The van der Waals surface area contributed by atoms with Gasteiger partial charge in [0.25, 0.3) is 0 Å². The molecule has 0 aliphatic rings. The zero-order chi connectivity index (χ0) is 13.3. The van der Waals surface area contributed by atoms with E-state index in [1.807, 2.05) is 0 Å². The number of methoxy groups -OCH3 is 1. The van der Waals surface area contributed by atoms with Gasteiger partial charge in [0.05, 0.1) is 0 Å². The summed E-state index contributed by atoms with van der Waals surface area (Å²) in [4.78, 5) is 21.6. The Hall–Kier alpha value is -1.10. The van der Waals surface area contributed by atoms with E-state index in [4.69, 9.17) is 9.84 Å². The molecule has 0 aromatic carbocycles. The average molecular weight is 245 g/mol. The lowest BCUT2D eigenvalue weighted by atomic mass is 9.88.